The Morgan fingerprint density at radius 3 is 2.33 bits per heavy atom. The number of phenols is 1. The molecule has 110 valence electrons. The minimum atomic E-state index is 0.335. The minimum Gasteiger partial charge on any atom is -0.508 e. The SMILES string of the molecule is Cc1ccc(C(NCCc2ccc(O)cc2)C2CC2)cc1. The number of benzene rings is 2. The third-order valence-corrected chi connectivity index (χ3v) is 4.24. The van der Waals surface area contributed by atoms with Gasteiger partial charge in [-0.2, -0.15) is 0 Å². The quantitative estimate of drug-likeness (QED) is 0.839. The zero-order valence-electron chi connectivity index (χ0n) is 12.5. The Bertz CT molecular complexity index is 570. The van der Waals surface area contributed by atoms with Crippen molar-refractivity contribution in [3.8, 4) is 5.75 Å². The van der Waals surface area contributed by atoms with Crippen LogP contribution < -0.4 is 5.32 Å². The zero-order valence-corrected chi connectivity index (χ0v) is 12.5. The highest BCUT2D eigenvalue weighted by molar-refractivity contribution is 5.27. The van der Waals surface area contributed by atoms with E-state index in [9.17, 15) is 5.11 Å². The second-order valence-electron chi connectivity index (χ2n) is 6.10. The van der Waals surface area contributed by atoms with Gasteiger partial charge >= 0.3 is 0 Å². The van der Waals surface area contributed by atoms with Gasteiger partial charge in [0.2, 0.25) is 0 Å². The predicted octanol–water partition coefficient (Wildman–Crippen LogP) is 3.98. The van der Waals surface area contributed by atoms with Gasteiger partial charge in [-0.15, -0.1) is 0 Å². The van der Waals surface area contributed by atoms with Gasteiger partial charge in [0, 0.05) is 6.04 Å². The fraction of sp³-hybridized carbons (Fsp3) is 0.368. The van der Waals surface area contributed by atoms with E-state index < -0.39 is 0 Å². The van der Waals surface area contributed by atoms with E-state index in [0.29, 0.717) is 11.8 Å². The van der Waals surface area contributed by atoms with Crippen molar-refractivity contribution in [2.45, 2.75) is 32.2 Å². The van der Waals surface area contributed by atoms with Crippen molar-refractivity contribution in [2.75, 3.05) is 6.54 Å². The summed E-state index contributed by atoms with van der Waals surface area (Å²) in [4.78, 5) is 0. The molecule has 1 atom stereocenters. The van der Waals surface area contributed by atoms with Crippen molar-refractivity contribution < 1.29 is 5.11 Å². The number of hydrogen-bond donors (Lipinski definition) is 2. The Labute approximate surface area is 126 Å². The van der Waals surface area contributed by atoms with E-state index in [4.69, 9.17) is 0 Å². The van der Waals surface area contributed by atoms with Crippen molar-refractivity contribution in [1.29, 1.82) is 0 Å². The van der Waals surface area contributed by atoms with Crippen LogP contribution in [0, 0.1) is 12.8 Å². The van der Waals surface area contributed by atoms with E-state index in [0.717, 1.165) is 18.9 Å². The summed E-state index contributed by atoms with van der Waals surface area (Å²) in [5.41, 5.74) is 3.99. The lowest BCUT2D eigenvalue weighted by Gasteiger charge is -2.19. The molecule has 2 aromatic carbocycles. The number of rotatable bonds is 6. The van der Waals surface area contributed by atoms with Crippen LogP contribution in [0.5, 0.6) is 5.75 Å². The average Bonchev–Trinajstić information content (AvgIpc) is 3.31. The fourth-order valence-corrected chi connectivity index (χ4v) is 2.79. The Kier molecular flexibility index (Phi) is 4.26. The van der Waals surface area contributed by atoms with Crippen LogP contribution in [-0.2, 0) is 6.42 Å². The van der Waals surface area contributed by atoms with Gasteiger partial charge in [0.15, 0.2) is 0 Å². The summed E-state index contributed by atoms with van der Waals surface area (Å²) in [5, 5.41) is 13.0. The molecule has 1 fully saturated rings. The van der Waals surface area contributed by atoms with Gasteiger partial charge in [-0.25, -0.2) is 0 Å². The lowest BCUT2D eigenvalue weighted by molar-refractivity contribution is 0.474. The third kappa shape index (κ3) is 3.85. The molecule has 3 rings (SSSR count). The highest BCUT2D eigenvalue weighted by Gasteiger charge is 2.31. The molecule has 0 bridgehead atoms. The van der Waals surface area contributed by atoms with E-state index >= 15 is 0 Å². The summed E-state index contributed by atoms with van der Waals surface area (Å²) in [6.07, 6.45) is 3.67. The molecule has 0 amide bonds. The molecule has 1 unspecified atom stereocenters. The molecular weight excluding hydrogens is 258 g/mol. The van der Waals surface area contributed by atoms with E-state index in [-0.39, 0.29) is 0 Å². The predicted molar refractivity (Wildman–Crippen MR) is 86.5 cm³/mol. The molecule has 1 aliphatic carbocycles. The smallest absolute Gasteiger partial charge is 0.115 e. The molecule has 1 saturated carbocycles. The summed E-state index contributed by atoms with van der Waals surface area (Å²) in [5.74, 6) is 1.13. The maximum Gasteiger partial charge on any atom is 0.115 e. The molecule has 0 aromatic heterocycles. The normalized spacial score (nSPS) is 15.9. The van der Waals surface area contributed by atoms with Crippen LogP contribution in [0.15, 0.2) is 48.5 Å². The van der Waals surface area contributed by atoms with Crippen LogP contribution in [0.4, 0.5) is 0 Å². The Balaban J connectivity index is 1.58. The van der Waals surface area contributed by atoms with Crippen LogP contribution in [0.25, 0.3) is 0 Å². The highest BCUT2D eigenvalue weighted by atomic mass is 16.3. The number of hydrogen-bond acceptors (Lipinski definition) is 2. The summed E-state index contributed by atoms with van der Waals surface area (Å²) < 4.78 is 0. The van der Waals surface area contributed by atoms with Gasteiger partial charge in [0.25, 0.3) is 0 Å². The molecule has 2 aromatic rings. The standard InChI is InChI=1S/C19H23NO/c1-14-2-6-16(7-3-14)19(17-8-9-17)20-13-12-15-4-10-18(21)11-5-15/h2-7,10-11,17,19-21H,8-9,12-13H2,1H3. The fourth-order valence-electron chi connectivity index (χ4n) is 2.79. The number of aromatic hydroxyl groups is 1. The maximum atomic E-state index is 9.31. The van der Waals surface area contributed by atoms with Crippen LogP contribution in [-0.4, -0.2) is 11.7 Å². The van der Waals surface area contributed by atoms with Crippen molar-refractivity contribution in [2.24, 2.45) is 5.92 Å². The molecule has 0 radical (unpaired) electrons. The number of phenolic OH excluding ortho intramolecular Hbond substituents is 1. The molecule has 1 aliphatic rings. The van der Waals surface area contributed by atoms with Crippen molar-refractivity contribution >= 4 is 0 Å². The van der Waals surface area contributed by atoms with E-state index in [1.807, 2.05) is 12.1 Å². The summed E-state index contributed by atoms with van der Waals surface area (Å²) in [6, 6.07) is 16.9. The minimum absolute atomic E-state index is 0.335. The van der Waals surface area contributed by atoms with Crippen molar-refractivity contribution in [3.63, 3.8) is 0 Å². The van der Waals surface area contributed by atoms with Crippen molar-refractivity contribution in [3.05, 3.63) is 65.2 Å². The third-order valence-electron chi connectivity index (χ3n) is 4.24. The Morgan fingerprint density at radius 2 is 1.71 bits per heavy atom. The molecule has 2 nitrogen and oxygen atoms in total. The highest BCUT2D eigenvalue weighted by Crippen LogP contribution is 2.40. The van der Waals surface area contributed by atoms with E-state index in [2.05, 4.69) is 36.5 Å². The average molecular weight is 281 g/mol. The molecule has 2 heteroatoms. The first-order valence-corrected chi connectivity index (χ1v) is 7.80. The van der Waals surface area contributed by atoms with Gasteiger partial charge in [-0.3, -0.25) is 0 Å². The summed E-state index contributed by atoms with van der Waals surface area (Å²) in [7, 11) is 0. The van der Waals surface area contributed by atoms with E-state index in [1.165, 1.54) is 29.5 Å². The van der Waals surface area contributed by atoms with Crippen LogP contribution in [0.3, 0.4) is 0 Å². The first-order valence-electron chi connectivity index (χ1n) is 7.80. The van der Waals surface area contributed by atoms with E-state index in [1.54, 1.807) is 12.1 Å². The summed E-state index contributed by atoms with van der Waals surface area (Å²) in [6.45, 7) is 3.11. The van der Waals surface area contributed by atoms with Crippen LogP contribution >= 0.6 is 0 Å². The molecule has 21 heavy (non-hydrogen) atoms. The molecule has 0 aliphatic heterocycles. The van der Waals surface area contributed by atoms with Crippen molar-refractivity contribution in [1.82, 2.24) is 5.32 Å². The zero-order chi connectivity index (χ0) is 14.7. The molecule has 0 spiro atoms. The van der Waals surface area contributed by atoms with Crippen LogP contribution in [0.1, 0.15) is 35.6 Å². The summed E-state index contributed by atoms with van der Waals surface area (Å²) >= 11 is 0. The number of aryl methyl sites for hydroxylation is 1. The first kappa shape index (κ1) is 14.2. The maximum absolute atomic E-state index is 9.31. The van der Waals surface area contributed by atoms with Gasteiger partial charge in [0.05, 0.1) is 0 Å². The lowest BCUT2D eigenvalue weighted by Crippen LogP contribution is -2.25. The van der Waals surface area contributed by atoms with Gasteiger partial charge in [0.1, 0.15) is 5.75 Å². The Morgan fingerprint density at radius 1 is 1.05 bits per heavy atom. The Hall–Kier alpha value is -1.80. The molecular formula is C19H23NO. The van der Waals surface area contributed by atoms with Gasteiger partial charge in [-0.05, 0) is 61.9 Å². The largest absolute Gasteiger partial charge is 0.508 e. The number of nitrogens with one attached hydrogen (secondary N) is 1. The first-order chi connectivity index (χ1) is 10.2. The lowest BCUT2D eigenvalue weighted by atomic mass is 10.0. The topological polar surface area (TPSA) is 32.3 Å². The molecule has 0 saturated heterocycles. The molecule has 2 N–H and O–H groups in total. The second kappa shape index (κ2) is 6.31. The van der Waals surface area contributed by atoms with Gasteiger partial charge < -0.3 is 10.4 Å². The van der Waals surface area contributed by atoms with Crippen LogP contribution in [0.2, 0.25) is 0 Å². The van der Waals surface area contributed by atoms with Gasteiger partial charge in [-0.1, -0.05) is 42.0 Å². The second-order valence-corrected chi connectivity index (χ2v) is 6.10. The molecule has 0 heterocycles. The monoisotopic (exact) mass is 281 g/mol.